The van der Waals surface area contributed by atoms with Gasteiger partial charge in [-0.2, -0.15) is 0 Å². The third-order valence-corrected chi connectivity index (χ3v) is 7.79. The summed E-state index contributed by atoms with van der Waals surface area (Å²) in [6, 6.07) is 9.15. The fraction of sp³-hybridized carbons (Fsp3) is 0.290. The van der Waals surface area contributed by atoms with Crippen LogP contribution >= 0.6 is 11.6 Å². The zero-order chi connectivity index (χ0) is 31.3. The van der Waals surface area contributed by atoms with Crippen molar-refractivity contribution in [3.8, 4) is 11.3 Å². The molecule has 2 unspecified atom stereocenters. The normalized spacial score (nSPS) is 16.9. The second-order valence-corrected chi connectivity index (χ2v) is 10.6. The lowest BCUT2D eigenvalue weighted by molar-refractivity contribution is -0.118. The molecule has 0 radical (unpaired) electrons. The molecule has 2 atom stereocenters. The maximum absolute atomic E-state index is 14.7. The molecule has 12 heteroatoms. The number of halogens is 2. The fourth-order valence-corrected chi connectivity index (χ4v) is 5.13. The molecule has 1 aliphatic heterocycles. The molecule has 2 aromatic carbocycles. The summed E-state index contributed by atoms with van der Waals surface area (Å²) in [7, 11) is 2.91. The number of fused-ring (bicyclic) bond motifs is 4. The first-order valence-electron chi connectivity index (χ1n) is 13.7. The Morgan fingerprint density at radius 2 is 2.07 bits per heavy atom. The number of amides is 3. The number of anilines is 3. The molecule has 0 aliphatic carbocycles. The van der Waals surface area contributed by atoms with Gasteiger partial charge in [-0.3, -0.25) is 14.9 Å². The number of allylic oxidation sites excluding steroid dienone is 1. The number of rotatable bonds is 7. The minimum Gasteiger partial charge on any atom is -0.453 e. The van der Waals surface area contributed by atoms with Crippen molar-refractivity contribution in [3.63, 3.8) is 0 Å². The van der Waals surface area contributed by atoms with Crippen molar-refractivity contribution in [3.05, 3.63) is 83.2 Å². The third-order valence-electron chi connectivity index (χ3n) is 7.50. The van der Waals surface area contributed by atoms with Gasteiger partial charge in [0.05, 0.1) is 47.0 Å². The summed E-state index contributed by atoms with van der Waals surface area (Å²) in [6.07, 6.45) is 3.71. The van der Waals surface area contributed by atoms with Crippen molar-refractivity contribution < 1.29 is 23.5 Å². The number of carbonyl (C=O) groups excluding carboxylic acids is 3. The molecule has 43 heavy (non-hydrogen) atoms. The molecule has 2 bridgehead atoms. The number of imidazole rings is 1. The van der Waals surface area contributed by atoms with E-state index < -0.39 is 23.9 Å². The molecule has 3 amide bonds. The van der Waals surface area contributed by atoms with Gasteiger partial charge in [-0.1, -0.05) is 43.7 Å². The molecule has 3 aromatic rings. The van der Waals surface area contributed by atoms with Crippen LogP contribution in [0.5, 0.6) is 0 Å². The SMILES string of the molecule is C=C/C(C(=O)NC1CC(CC)CC(=O)Nc2cc(NC(=O)OC)ccc2-c2cnc1[nH]2)=C(/C)N(C)c1cccc(Cl)c1F. The van der Waals surface area contributed by atoms with Gasteiger partial charge in [-0.15, -0.1) is 0 Å². The van der Waals surface area contributed by atoms with Crippen molar-refractivity contribution in [1.29, 1.82) is 0 Å². The van der Waals surface area contributed by atoms with Crippen molar-refractivity contribution in [1.82, 2.24) is 15.3 Å². The molecular formula is C31H34ClFN6O4. The van der Waals surface area contributed by atoms with E-state index in [2.05, 4.69) is 37.2 Å². The van der Waals surface area contributed by atoms with Crippen molar-refractivity contribution in [2.45, 2.75) is 39.2 Å². The van der Waals surface area contributed by atoms with Crippen LogP contribution in [0.2, 0.25) is 5.02 Å². The zero-order valence-electron chi connectivity index (χ0n) is 24.4. The zero-order valence-corrected chi connectivity index (χ0v) is 25.1. The van der Waals surface area contributed by atoms with E-state index in [1.807, 2.05) is 6.92 Å². The number of methoxy groups -OCH3 is 1. The van der Waals surface area contributed by atoms with Crippen LogP contribution in [0.3, 0.4) is 0 Å². The Labute approximate surface area is 254 Å². The van der Waals surface area contributed by atoms with Gasteiger partial charge in [0.1, 0.15) is 5.82 Å². The summed E-state index contributed by atoms with van der Waals surface area (Å²) in [5.74, 6) is -0.829. The van der Waals surface area contributed by atoms with E-state index in [0.717, 1.165) is 0 Å². The molecule has 0 fully saturated rings. The number of nitrogens with zero attached hydrogens (tertiary/aromatic N) is 2. The smallest absolute Gasteiger partial charge is 0.411 e. The van der Waals surface area contributed by atoms with Crippen LogP contribution in [-0.2, 0) is 14.3 Å². The molecule has 0 saturated heterocycles. The number of aromatic amines is 1. The van der Waals surface area contributed by atoms with Crippen LogP contribution in [0.4, 0.5) is 26.2 Å². The Hall–Kier alpha value is -4.64. The topological polar surface area (TPSA) is 128 Å². The van der Waals surface area contributed by atoms with Crippen LogP contribution in [0.15, 0.2) is 66.5 Å². The highest BCUT2D eigenvalue weighted by atomic mass is 35.5. The number of hydrogen-bond donors (Lipinski definition) is 4. The largest absolute Gasteiger partial charge is 0.453 e. The van der Waals surface area contributed by atoms with E-state index in [1.165, 1.54) is 19.3 Å². The van der Waals surface area contributed by atoms with Gasteiger partial charge in [0.2, 0.25) is 5.91 Å². The van der Waals surface area contributed by atoms with Crippen LogP contribution in [0, 0.1) is 11.7 Å². The van der Waals surface area contributed by atoms with Crippen molar-refractivity contribution in [2.24, 2.45) is 5.92 Å². The predicted molar refractivity (Wildman–Crippen MR) is 165 cm³/mol. The second kappa shape index (κ2) is 13.6. The Kier molecular flexibility index (Phi) is 9.87. The van der Waals surface area contributed by atoms with Gasteiger partial charge in [0.25, 0.3) is 5.91 Å². The molecule has 1 aromatic heterocycles. The number of hydrogen-bond acceptors (Lipinski definition) is 6. The van der Waals surface area contributed by atoms with Gasteiger partial charge in [-0.05, 0) is 49.6 Å². The molecule has 4 rings (SSSR count). The Morgan fingerprint density at radius 3 is 2.77 bits per heavy atom. The lowest BCUT2D eigenvalue weighted by Crippen LogP contribution is -2.33. The molecule has 2 heterocycles. The molecule has 10 nitrogen and oxygen atoms in total. The maximum atomic E-state index is 14.7. The van der Waals surface area contributed by atoms with Crippen molar-refractivity contribution >= 4 is 46.6 Å². The van der Waals surface area contributed by atoms with E-state index >= 15 is 0 Å². The summed E-state index contributed by atoms with van der Waals surface area (Å²) in [6.45, 7) is 7.49. The summed E-state index contributed by atoms with van der Waals surface area (Å²) >= 11 is 5.98. The van der Waals surface area contributed by atoms with Gasteiger partial charge < -0.3 is 25.3 Å². The lowest BCUT2D eigenvalue weighted by atomic mass is 9.93. The molecule has 226 valence electrons. The van der Waals surface area contributed by atoms with E-state index in [9.17, 15) is 18.8 Å². The number of H-pyrrole nitrogens is 1. The number of aromatic nitrogens is 2. The summed E-state index contributed by atoms with van der Waals surface area (Å²) in [4.78, 5) is 47.9. The molecular weight excluding hydrogens is 575 g/mol. The van der Waals surface area contributed by atoms with E-state index in [4.69, 9.17) is 11.6 Å². The Bertz CT molecular complexity index is 1590. The summed E-state index contributed by atoms with van der Waals surface area (Å²) in [5.41, 5.74) is 3.09. The lowest BCUT2D eigenvalue weighted by Gasteiger charge is -2.25. The Morgan fingerprint density at radius 1 is 1.30 bits per heavy atom. The maximum Gasteiger partial charge on any atom is 0.411 e. The van der Waals surface area contributed by atoms with Gasteiger partial charge in [0, 0.05) is 30.4 Å². The molecule has 4 N–H and O–H groups in total. The molecule has 1 aliphatic rings. The van der Waals surface area contributed by atoms with E-state index in [1.54, 1.807) is 55.4 Å². The van der Waals surface area contributed by atoms with Gasteiger partial charge in [0.15, 0.2) is 5.82 Å². The second-order valence-electron chi connectivity index (χ2n) is 10.2. The predicted octanol–water partition coefficient (Wildman–Crippen LogP) is 6.56. The van der Waals surface area contributed by atoms with Crippen LogP contribution in [0.25, 0.3) is 11.3 Å². The highest BCUT2D eigenvalue weighted by Crippen LogP contribution is 2.34. The minimum atomic E-state index is -0.636. The van der Waals surface area contributed by atoms with Gasteiger partial charge in [-0.25, -0.2) is 14.2 Å². The third kappa shape index (κ3) is 7.06. The first kappa shape index (κ1) is 31.3. The van der Waals surface area contributed by atoms with Gasteiger partial charge >= 0.3 is 6.09 Å². The standard InChI is InChI=1S/C31H34ClFN6O4/c1-6-18-13-24(38-30(41)20(7-2)17(3)39(4)26-10-8-9-22(32)28(26)33)29-34-16-25(37-29)21-12-11-19(35-31(42)43-5)15-23(21)36-27(40)14-18/h7-12,15-16,18,24H,2,6,13-14H2,1,3-5H3,(H,34,37)(H,35,42)(H,36,40)(H,38,41)/b20-17+. The Balaban J connectivity index is 1.69. The summed E-state index contributed by atoms with van der Waals surface area (Å²) < 4.78 is 19.4. The molecule has 0 saturated carbocycles. The number of benzene rings is 2. The minimum absolute atomic E-state index is 0.0278. The first-order valence-corrected chi connectivity index (χ1v) is 14.1. The molecule has 0 spiro atoms. The average Bonchev–Trinajstić information content (AvgIpc) is 3.47. The highest BCUT2D eigenvalue weighted by Gasteiger charge is 2.27. The first-order chi connectivity index (χ1) is 20.6. The number of nitrogens with one attached hydrogen (secondary N) is 4. The number of ether oxygens (including phenoxy) is 1. The summed E-state index contributed by atoms with van der Waals surface area (Å²) in [5, 5.41) is 8.58. The van der Waals surface area contributed by atoms with Crippen LogP contribution < -0.4 is 20.9 Å². The van der Waals surface area contributed by atoms with E-state index in [0.29, 0.717) is 47.0 Å². The van der Waals surface area contributed by atoms with Crippen LogP contribution in [-0.4, -0.2) is 42.0 Å². The van der Waals surface area contributed by atoms with Crippen LogP contribution in [0.1, 0.15) is 45.0 Å². The highest BCUT2D eigenvalue weighted by molar-refractivity contribution is 6.31. The average molecular weight is 609 g/mol. The van der Waals surface area contributed by atoms with E-state index in [-0.39, 0.29) is 34.5 Å². The quantitative estimate of drug-likeness (QED) is 0.178. The fourth-order valence-electron chi connectivity index (χ4n) is 4.96. The monoisotopic (exact) mass is 608 g/mol. The van der Waals surface area contributed by atoms with Crippen molar-refractivity contribution in [2.75, 3.05) is 29.7 Å². The number of carbonyl (C=O) groups is 3.